The first-order valence-electron chi connectivity index (χ1n) is 8.32. The van der Waals surface area contributed by atoms with Gasteiger partial charge in [-0.2, -0.15) is 0 Å². The number of carbonyl (C=O) groups excluding carboxylic acids is 1. The molecule has 3 nitrogen and oxygen atoms in total. The van der Waals surface area contributed by atoms with Crippen LogP contribution in [0.4, 0.5) is 0 Å². The smallest absolute Gasteiger partial charge is 0.330 e. The number of hydrogen-bond acceptors (Lipinski definition) is 3. The van der Waals surface area contributed by atoms with E-state index in [0.717, 1.165) is 6.42 Å². The van der Waals surface area contributed by atoms with E-state index in [2.05, 4.69) is 48.5 Å². The van der Waals surface area contributed by atoms with Crippen LogP contribution in [-0.2, 0) is 19.7 Å². The topological polar surface area (TPSA) is 35.5 Å². The van der Waals surface area contributed by atoms with Crippen molar-refractivity contribution in [3.63, 3.8) is 0 Å². The molecule has 1 aliphatic rings. The summed E-state index contributed by atoms with van der Waals surface area (Å²) in [5, 5.41) is 0. The number of ether oxygens (including phenoxy) is 2. The summed E-state index contributed by atoms with van der Waals surface area (Å²) in [6.07, 6.45) is 3.98. The number of hydrogen-bond donors (Lipinski definition) is 0. The maximum Gasteiger partial charge on any atom is 0.330 e. The first-order valence-corrected chi connectivity index (χ1v) is 8.32. The fourth-order valence-electron chi connectivity index (χ4n) is 3.29. The van der Waals surface area contributed by atoms with Crippen molar-refractivity contribution in [2.75, 3.05) is 13.2 Å². The van der Waals surface area contributed by atoms with Crippen molar-refractivity contribution < 1.29 is 14.3 Å². The van der Waals surface area contributed by atoms with Crippen LogP contribution < -0.4 is 0 Å². The molecule has 2 aromatic rings. The zero-order valence-electron chi connectivity index (χ0n) is 13.9. The molecule has 0 amide bonds. The Kier molecular flexibility index (Phi) is 5.11. The average Bonchev–Trinajstić information content (AvgIpc) is 3.07. The van der Waals surface area contributed by atoms with Gasteiger partial charge in [0.25, 0.3) is 0 Å². The zero-order valence-corrected chi connectivity index (χ0v) is 13.9. The van der Waals surface area contributed by atoms with Gasteiger partial charge in [-0.1, -0.05) is 60.7 Å². The van der Waals surface area contributed by atoms with Crippen LogP contribution in [-0.4, -0.2) is 25.3 Å². The molecular weight excluding hydrogens is 300 g/mol. The van der Waals surface area contributed by atoms with E-state index in [9.17, 15) is 4.79 Å². The predicted molar refractivity (Wildman–Crippen MR) is 93.8 cm³/mol. The van der Waals surface area contributed by atoms with Gasteiger partial charge in [0.05, 0.1) is 19.3 Å². The van der Waals surface area contributed by atoms with Gasteiger partial charge in [0.1, 0.15) is 0 Å². The lowest BCUT2D eigenvalue weighted by Gasteiger charge is -2.29. The van der Waals surface area contributed by atoms with E-state index in [1.807, 2.05) is 18.2 Å². The van der Waals surface area contributed by atoms with Crippen LogP contribution in [0, 0.1) is 0 Å². The lowest BCUT2D eigenvalue weighted by Crippen LogP contribution is -2.28. The number of esters is 1. The Bertz CT molecular complexity index is 652. The molecule has 1 heterocycles. The molecule has 1 aliphatic heterocycles. The third-order valence-corrected chi connectivity index (χ3v) is 4.48. The van der Waals surface area contributed by atoms with Gasteiger partial charge in [0.2, 0.25) is 0 Å². The van der Waals surface area contributed by atoms with Gasteiger partial charge in [-0.3, -0.25) is 0 Å². The van der Waals surface area contributed by atoms with Crippen LogP contribution in [0.3, 0.4) is 0 Å². The molecule has 0 spiro atoms. The molecule has 0 aliphatic carbocycles. The molecule has 3 heteroatoms. The summed E-state index contributed by atoms with van der Waals surface area (Å²) in [7, 11) is 0. The second-order valence-corrected chi connectivity index (χ2v) is 5.98. The molecule has 1 saturated heterocycles. The van der Waals surface area contributed by atoms with Crippen molar-refractivity contribution in [1.29, 1.82) is 0 Å². The Morgan fingerprint density at radius 1 is 1.12 bits per heavy atom. The molecule has 124 valence electrons. The standard InChI is InChI=1S/C21H22O3/c1-2-23-20(22)14-13-19-15-21(16-24-19,17-9-5-3-6-10-17)18-11-7-4-8-12-18/h3-14,19H,2,15-16H2,1H3/b14-13+/t19-/m0/s1. The molecular formula is C21H22O3. The lowest BCUT2D eigenvalue weighted by molar-refractivity contribution is -0.137. The SMILES string of the molecule is CCOC(=O)/C=C/[C@H]1CC(c2ccccc2)(c2ccccc2)CO1. The lowest BCUT2D eigenvalue weighted by atomic mass is 9.73. The summed E-state index contributed by atoms with van der Waals surface area (Å²) in [4.78, 5) is 11.5. The summed E-state index contributed by atoms with van der Waals surface area (Å²) in [6, 6.07) is 20.9. The van der Waals surface area contributed by atoms with Gasteiger partial charge < -0.3 is 9.47 Å². The first kappa shape index (κ1) is 16.5. The Labute approximate surface area is 142 Å². The largest absolute Gasteiger partial charge is 0.463 e. The second-order valence-electron chi connectivity index (χ2n) is 5.98. The van der Waals surface area contributed by atoms with Gasteiger partial charge in [0.15, 0.2) is 0 Å². The Morgan fingerprint density at radius 2 is 1.71 bits per heavy atom. The van der Waals surface area contributed by atoms with E-state index < -0.39 is 0 Å². The van der Waals surface area contributed by atoms with Crippen LogP contribution in [0.5, 0.6) is 0 Å². The van der Waals surface area contributed by atoms with Gasteiger partial charge in [0, 0.05) is 11.5 Å². The highest BCUT2D eigenvalue weighted by atomic mass is 16.5. The fraction of sp³-hybridized carbons (Fsp3) is 0.286. The highest BCUT2D eigenvalue weighted by Crippen LogP contribution is 2.42. The van der Waals surface area contributed by atoms with Gasteiger partial charge in [-0.05, 0) is 30.5 Å². The van der Waals surface area contributed by atoms with Crippen LogP contribution in [0.15, 0.2) is 72.8 Å². The van der Waals surface area contributed by atoms with Crippen molar-refractivity contribution in [2.24, 2.45) is 0 Å². The minimum absolute atomic E-state index is 0.102. The van der Waals surface area contributed by atoms with E-state index in [-0.39, 0.29) is 17.5 Å². The van der Waals surface area contributed by atoms with Crippen molar-refractivity contribution in [1.82, 2.24) is 0 Å². The third kappa shape index (κ3) is 3.41. The molecule has 0 saturated carbocycles. The summed E-state index contributed by atoms with van der Waals surface area (Å²) >= 11 is 0. The Hall–Kier alpha value is -2.39. The molecule has 2 aromatic carbocycles. The number of carbonyl (C=O) groups is 1. The number of benzene rings is 2. The summed E-state index contributed by atoms with van der Waals surface area (Å²) in [5.41, 5.74) is 2.29. The average molecular weight is 322 g/mol. The molecule has 1 fully saturated rings. The highest BCUT2D eigenvalue weighted by molar-refractivity contribution is 5.81. The summed E-state index contributed by atoms with van der Waals surface area (Å²) in [6.45, 7) is 2.78. The van der Waals surface area contributed by atoms with Crippen molar-refractivity contribution >= 4 is 5.97 Å². The Balaban J connectivity index is 1.88. The molecule has 0 radical (unpaired) electrons. The van der Waals surface area contributed by atoms with Crippen LogP contribution >= 0.6 is 0 Å². The monoisotopic (exact) mass is 322 g/mol. The molecule has 1 atom stereocenters. The molecule has 3 rings (SSSR count). The van der Waals surface area contributed by atoms with E-state index in [4.69, 9.17) is 9.47 Å². The zero-order chi connectivity index (χ0) is 16.8. The maximum absolute atomic E-state index is 11.5. The van der Waals surface area contributed by atoms with Crippen molar-refractivity contribution in [2.45, 2.75) is 24.9 Å². The van der Waals surface area contributed by atoms with Gasteiger partial charge in [-0.15, -0.1) is 0 Å². The summed E-state index contributed by atoms with van der Waals surface area (Å²) < 4.78 is 11.0. The molecule has 24 heavy (non-hydrogen) atoms. The van der Waals surface area contributed by atoms with E-state index in [1.54, 1.807) is 6.92 Å². The van der Waals surface area contributed by atoms with Gasteiger partial charge >= 0.3 is 5.97 Å². The second kappa shape index (κ2) is 7.45. The molecule has 0 unspecified atom stereocenters. The predicted octanol–water partition coefficient (Wildman–Crippen LogP) is 3.88. The van der Waals surface area contributed by atoms with Crippen LogP contribution in [0.25, 0.3) is 0 Å². The van der Waals surface area contributed by atoms with Gasteiger partial charge in [-0.25, -0.2) is 4.79 Å². The normalized spacial score (nSPS) is 19.5. The van der Waals surface area contributed by atoms with Crippen LogP contribution in [0.1, 0.15) is 24.5 Å². The number of rotatable bonds is 5. The summed E-state index contributed by atoms with van der Waals surface area (Å²) in [5.74, 6) is -0.321. The molecule has 0 N–H and O–H groups in total. The molecule has 0 aromatic heterocycles. The fourth-order valence-corrected chi connectivity index (χ4v) is 3.29. The van der Waals surface area contributed by atoms with Crippen molar-refractivity contribution in [3.8, 4) is 0 Å². The van der Waals surface area contributed by atoms with Crippen LogP contribution in [0.2, 0.25) is 0 Å². The minimum Gasteiger partial charge on any atom is -0.463 e. The van der Waals surface area contributed by atoms with Crippen molar-refractivity contribution in [3.05, 3.63) is 83.9 Å². The van der Waals surface area contributed by atoms with E-state index >= 15 is 0 Å². The molecule has 0 bridgehead atoms. The minimum atomic E-state index is -0.321. The first-order chi connectivity index (χ1) is 11.7. The Morgan fingerprint density at radius 3 is 2.25 bits per heavy atom. The highest BCUT2D eigenvalue weighted by Gasteiger charge is 2.42. The third-order valence-electron chi connectivity index (χ3n) is 4.48. The van der Waals surface area contributed by atoms with E-state index in [1.165, 1.54) is 17.2 Å². The maximum atomic E-state index is 11.5. The quantitative estimate of drug-likeness (QED) is 0.619. The van der Waals surface area contributed by atoms with E-state index in [0.29, 0.717) is 13.2 Å².